The highest BCUT2D eigenvalue weighted by Crippen LogP contribution is 2.21. The molecule has 1 amide bonds. The highest BCUT2D eigenvalue weighted by molar-refractivity contribution is 7.99. The fraction of sp³-hybridized carbons (Fsp3) is 0.158. The second kappa shape index (κ2) is 7.89. The molecule has 0 aliphatic rings. The van der Waals surface area contributed by atoms with E-state index >= 15 is 0 Å². The van der Waals surface area contributed by atoms with Gasteiger partial charge in [0.25, 0.3) is 5.91 Å². The van der Waals surface area contributed by atoms with E-state index in [0.29, 0.717) is 17.9 Å². The van der Waals surface area contributed by atoms with E-state index in [2.05, 4.69) is 39.6 Å². The van der Waals surface area contributed by atoms with Crippen LogP contribution in [0.15, 0.2) is 57.3 Å². The first-order valence-electron chi connectivity index (χ1n) is 8.40. The Morgan fingerprint density at radius 1 is 1.19 bits per heavy atom. The normalized spacial score (nSPS) is 11.0. The molecule has 2 aromatic heterocycles. The zero-order chi connectivity index (χ0) is 18.6. The minimum absolute atomic E-state index is 0.0950. The molecule has 8 heteroatoms. The van der Waals surface area contributed by atoms with Crippen LogP contribution in [0.5, 0.6) is 0 Å². The van der Waals surface area contributed by atoms with Gasteiger partial charge in [0.2, 0.25) is 5.89 Å². The van der Waals surface area contributed by atoms with Gasteiger partial charge in [0.05, 0.1) is 22.1 Å². The first kappa shape index (κ1) is 17.7. The number of hydrogen-bond acceptors (Lipinski definition) is 7. The van der Waals surface area contributed by atoms with Gasteiger partial charge >= 0.3 is 6.01 Å². The highest BCUT2D eigenvalue weighted by Gasteiger charge is 2.13. The number of nitrogens with one attached hydrogen (secondary N) is 1. The summed E-state index contributed by atoms with van der Waals surface area (Å²) in [4.78, 5) is 17.8. The zero-order valence-corrected chi connectivity index (χ0v) is 16.1. The number of aromatic nitrogens is 3. The Labute approximate surface area is 164 Å². The molecule has 2 heterocycles. The fourth-order valence-corrected chi connectivity index (χ4v) is 3.96. The number of carbonyl (C=O) groups excluding carboxylic acids is 1. The number of fused-ring (bicyclic) bond motifs is 1. The maximum atomic E-state index is 12.4. The molecule has 27 heavy (non-hydrogen) atoms. The van der Waals surface area contributed by atoms with Gasteiger partial charge in [-0.3, -0.25) is 10.1 Å². The third-order valence-electron chi connectivity index (χ3n) is 3.87. The average Bonchev–Trinajstić information content (AvgIpc) is 3.32. The van der Waals surface area contributed by atoms with Crippen molar-refractivity contribution in [2.75, 3.05) is 11.1 Å². The molecule has 0 atom stereocenters. The number of carbonyl (C=O) groups is 1. The molecule has 0 unspecified atom stereocenters. The molecule has 0 radical (unpaired) electrons. The van der Waals surface area contributed by atoms with Crippen molar-refractivity contribution in [2.24, 2.45) is 0 Å². The van der Waals surface area contributed by atoms with E-state index in [1.807, 2.05) is 18.2 Å². The van der Waals surface area contributed by atoms with Crippen molar-refractivity contribution in [3.05, 3.63) is 65.0 Å². The summed E-state index contributed by atoms with van der Waals surface area (Å²) in [5.74, 6) is 1.21. The molecular formula is C19H16N4O2S2. The van der Waals surface area contributed by atoms with Crippen LogP contribution in [0.3, 0.4) is 0 Å². The molecule has 0 aliphatic heterocycles. The third-order valence-corrected chi connectivity index (χ3v) is 5.56. The van der Waals surface area contributed by atoms with Crippen molar-refractivity contribution in [1.82, 2.24) is 15.2 Å². The molecule has 4 rings (SSSR count). The van der Waals surface area contributed by atoms with Gasteiger partial charge < -0.3 is 4.42 Å². The van der Waals surface area contributed by atoms with Crippen LogP contribution in [0.25, 0.3) is 10.2 Å². The van der Waals surface area contributed by atoms with Gasteiger partial charge in [0, 0.05) is 10.5 Å². The first-order valence-corrected chi connectivity index (χ1v) is 10.3. The number of nitrogens with zero attached hydrogens (tertiary/aromatic N) is 3. The van der Waals surface area contributed by atoms with Crippen molar-refractivity contribution in [2.45, 2.75) is 18.2 Å². The highest BCUT2D eigenvalue weighted by atomic mass is 32.2. The van der Waals surface area contributed by atoms with E-state index in [9.17, 15) is 4.79 Å². The molecule has 2 aromatic carbocycles. The molecule has 0 fully saturated rings. The Morgan fingerprint density at radius 3 is 2.85 bits per heavy atom. The van der Waals surface area contributed by atoms with Crippen LogP contribution in [-0.2, 0) is 6.42 Å². The Bertz CT molecular complexity index is 1070. The quantitative estimate of drug-likeness (QED) is 0.479. The van der Waals surface area contributed by atoms with Crippen molar-refractivity contribution in [3.8, 4) is 0 Å². The SMILES string of the molecule is CCSc1ccc(Cc2nnc(NC(=O)c3ccc4ncsc4c3)o2)cc1. The third kappa shape index (κ3) is 4.17. The van der Waals surface area contributed by atoms with E-state index < -0.39 is 0 Å². The molecule has 136 valence electrons. The number of amides is 1. The second-order valence-electron chi connectivity index (χ2n) is 5.74. The van der Waals surface area contributed by atoms with Crippen LogP contribution in [0.1, 0.15) is 28.7 Å². The summed E-state index contributed by atoms with van der Waals surface area (Å²) in [5.41, 5.74) is 4.23. The largest absolute Gasteiger partial charge is 0.407 e. The summed E-state index contributed by atoms with van der Waals surface area (Å²) in [7, 11) is 0. The lowest BCUT2D eigenvalue weighted by Crippen LogP contribution is -2.11. The van der Waals surface area contributed by atoms with Gasteiger partial charge in [-0.1, -0.05) is 24.2 Å². The summed E-state index contributed by atoms with van der Waals surface area (Å²) in [6.45, 7) is 2.13. The van der Waals surface area contributed by atoms with E-state index in [1.165, 1.54) is 16.2 Å². The summed E-state index contributed by atoms with van der Waals surface area (Å²) in [6, 6.07) is 13.7. The summed E-state index contributed by atoms with van der Waals surface area (Å²) >= 11 is 3.29. The Hall–Kier alpha value is -2.71. The van der Waals surface area contributed by atoms with Crippen molar-refractivity contribution < 1.29 is 9.21 Å². The number of rotatable bonds is 6. The van der Waals surface area contributed by atoms with Crippen LogP contribution in [0, 0.1) is 0 Å². The Morgan fingerprint density at radius 2 is 2.04 bits per heavy atom. The monoisotopic (exact) mass is 396 g/mol. The Balaban J connectivity index is 1.41. The predicted octanol–water partition coefficient (Wildman–Crippen LogP) is 4.63. The first-order chi connectivity index (χ1) is 13.2. The minimum atomic E-state index is -0.290. The zero-order valence-electron chi connectivity index (χ0n) is 14.5. The molecule has 0 aliphatic carbocycles. The fourth-order valence-electron chi connectivity index (χ4n) is 2.59. The topological polar surface area (TPSA) is 80.9 Å². The number of hydrogen-bond donors (Lipinski definition) is 1. The van der Waals surface area contributed by atoms with Crippen LogP contribution < -0.4 is 5.32 Å². The molecule has 0 saturated carbocycles. The van der Waals surface area contributed by atoms with Crippen LogP contribution in [0.2, 0.25) is 0 Å². The Kier molecular flexibility index (Phi) is 5.17. The number of anilines is 1. The summed E-state index contributed by atoms with van der Waals surface area (Å²) in [5, 5.41) is 10.6. The van der Waals surface area contributed by atoms with Gasteiger partial charge in [-0.2, -0.15) is 0 Å². The number of thiazole rings is 1. The molecule has 0 saturated heterocycles. The number of thioether (sulfide) groups is 1. The average molecular weight is 396 g/mol. The van der Waals surface area contributed by atoms with E-state index in [0.717, 1.165) is 21.5 Å². The van der Waals surface area contributed by atoms with Gasteiger partial charge in [-0.25, -0.2) is 4.98 Å². The molecule has 0 bridgehead atoms. The lowest BCUT2D eigenvalue weighted by molar-refractivity contribution is 0.102. The van der Waals surface area contributed by atoms with Crippen LogP contribution >= 0.6 is 23.1 Å². The molecule has 4 aromatic rings. The van der Waals surface area contributed by atoms with Gasteiger partial charge in [-0.15, -0.1) is 28.2 Å². The van der Waals surface area contributed by atoms with E-state index in [4.69, 9.17) is 4.42 Å². The van der Waals surface area contributed by atoms with Crippen molar-refractivity contribution in [3.63, 3.8) is 0 Å². The lowest BCUT2D eigenvalue weighted by atomic mass is 10.1. The van der Waals surface area contributed by atoms with Crippen molar-refractivity contribution in [1.29, 1.82) is 0 Å². The standard InChI is InChI=1S/C19H16N4O2S2/c1-2-26-14-6-3-12(4-7-14)9-17-22-23-19(25-17)21-18(24)13-5-8-15-16(10-13)27-11-20-15/h3-8,10-11H,2,9H2,1H3,(H,21,23,24). The lowest BCUT2D eigenvalue weighted by Gasteiger charge is -2.01. The number of benzene rings is 2. The van der Waals surface area contributed by atoms with Crippen LogP contribution in [0.4, 0.5) is 6.01 Å². The summed E-state index contributed by atoms with van der Waals surface area (Å²) in [6.07, 6.45) is 0.521. The van der Waals surface area contributed by atoms with Gasteiger partial charge in [-0.05, 0) is 41.6 Å². The van der Waals surface area contributed by atoms with Crippen LogP contribution in [-0.4, -0.2) is 26.8 Å². The van der Waals surface area contributed by atoms with Gasteiger partial charge in [0.15, 0.2) is 0 Å². The molecule has 6 nitrogen and oxygen atoms in total. The smallest absolute Gasteiger partial charge is 0.322 e. The van der Waals surface area contributed by atoms with Crippen molar-refractivity contribution >= 4 is 45.2 Å². The molecular weight excluding hydrogens is 380 g/mol. The van der Waals surface area contributed by atoms with E-state index in [1.54, 1.807) is 29.4 Å². The van der Waals surface area contributed by atoms with Gasteiger partial charge in [0.1, 0.15) is 0 Å². The summed E-state index contributed by atoms with van der Waals surface area (Å²) < 4.78 is 6.52. The maximum absolute atomic E-state index is 12.4. The predicted molar refractivity (Wildman–Crippen MR) is 108 cm³/mol. The molecule has 0 spiro atoms. The minimum Gasteiger partial charge on any atom is -0.407 e. The molecule has 1 N–H and O–H groups in total. The second-order valence-corrected chi connectivity index (χ2v) is 7.97. The van der Waals surface area contributed by atoms with E-state index in [-0.39, 0.29) is 11.9 Å². The maximum Gasteiger partial charge on any atom is 0.322 e.